The number of hydrogen-bond donors (Lipinski definition) is 1. The number of carbonyl (C=O) groups excluding carboxylic acids is 2. The predicted octanol–water partition coefficient (Wildman–Crippen LogP) is 4.65. The van der Waals surface area contributed by atoms with Crippen LogP contribution in [0.25, 0.3) is 11.3 Å². The summed E-state index contributed by atoms with van der Waals surface area (Å²) in [6.45, 7) is 4.80. The van der Waals surface area contributed by atoms with Gasteiger partial charge in [-0.15, -0.1) is 0 Å². The van der Waals surface area contributed by atoms with Gasteiger partial charge >= 0.3 is 0 Å². The summed E-state index contributed by atoms with van der Waals surface area (Å²) in [5, 5.41) is 3.05. The van der Waals surface area contributed by atoms with E-state index in [0.29, 0.717) is 72.9 Å². The van der Waals surface area contributed by atoms with E-state index in [1.54, 1.807) is 43.3 Å². The van der Waals surface area contributed by atoms with Gasteiger partial charge in [0.25, 0.3) is 5.91 Å². The van der Waals surface area contributed by atoms with E-state index in [9.17, 15) is 14.0 Å². The molecular formula is C25H27FN2O4. The number of amides is 2. The Balaban J connectivity index is 1.24. The van der Waals surface area contributed by atoms with E-state index < -0.39 is 0 Å². The van der Waals surface area contributed by atoms with E-state index in [1.165, 1.54) is 6.07 Å². The molecule has 32 heavy (non-hydrogen) atoms. The van der Waals surface area contributed by atoms with Gasteiger partial charge in [-0.1, -0.05) is 12.1 Å². The summed E-state index contributed by atoms with van der Waals surface area (Å²) < 4.78 is 25.1. The lowest BCUT2D eigenvalue weighted by atomic mass is 10.0. The highest BCUT2D eigenvalue weighted by molar-refractivity contribution is 5.95. The minimum atomic E-state index is -0.336. The van der Waals surface area contributed by atoms with Gasteiger partial charge in [-0.25, -0.2) is 4.39 Å². The van der Waals surface area contributed by atoms with Crippen LogP contribution in [0.3, 0.4) is 0 Å². The lowest BCUT2D eigenvalue weighted by molar-refractivity contribution is -0.132. The smallest absolute Gasteiger partial charge is 0.255 e. The number of nitrogens with one attached hydrogen (secondary N) is 1. The van der Waals surface area contributed by atoms with E-state index in [-0.39, 0.29) is 23.7 Å². The Morgan fingerprint density at radius 2 is 1.84 bits per heavy atom. The van der Waals surface area contributed by atoms with Crippen molar-refractivity contribution in [1.29, 1.82) is 0 Å². The third-order valence-electron chi connectivity index (χ3n) is 5.85. The molecule has 1 aliphatic rings. The number of aryl methyl sites for hydroxylation is 3. The maximum atomic E-state index is 13.9. The molecule has 3 aromatic rings. The van der Waals surface area contributed by atoms with Crippen molar-refractivity contribution >= 4 is 11.8 Å². The Hall–Kier alpha value is -3.35. The lowest BCUT2D eigenvalue weighted by Gasteiger charge is -2.32. The molecule has 0 atom stereocenters. The number of likely N-dealkylation sites (tertiary alicyclic amines) is 1. The average Bonchev–Trinajstić information content (AvgIpc) is 3.38. The van der Waals surface area contributed by atoms with Crippen LogP contribution >= 0.6 is 0 Å². The first-order valence-electron chi connectivity index (χ1n) is 10.9. The maximum absolute atomic E-state index is 13.9. The van der Waals surface area contributed by atoms with Crippen LogP contribution < -0.4 is 5.32 Å². The standard InChI is InChI=1S/C25H27FN2O4/c1-16-15-21(17(2)31-16)25(30)27-18-11-13-28(14-12-18)24(29)10-8-19-7-9-23(32-19)20-5-3-4-6-22(20)26/h3-7,9,15,18H,8,10-14H2,1-2H3,(H,27,30). The van der Waals surface area contributed by atoms with Crippen molar-refractivity contribution in [3.8, 4) is 11.3 Å². The zero-order valence-corrected chi connectivity index (χ0v) is 18.3. The second-order valence-corrected chi connectivity index (χ2v) is 8.20. The van der Waals surface area contributed by atoms with Crippen molar-refractivity contribution in [3.05, 3.63) is 71.1 Å². The third kappa shape index (κ3) is 4.93. The minimum Gasteiger partial charge on any atom is -0.466 e. The number of rotatable bonds is 6. The van der Waals surface area contributed by atoms with E-state index in [1.807, 2.05) is 11.8 Å². The summed E-state index contributed by atoms with van der Waals surface area (Å²) in [5.41, 5.74) is 0.976. The molecule has 1 aromatic carbocycles. The SMILES string of the molecule is Cc1cc(C(=O)NC2CCN(C(=O)CCc3ccc(-c4ccccc4F)o3)CC2)c(C)o1. The predicted molar refractivity (Wildman–Crippen MR) is 118 cm³/mol. The highest BCUT2D eigenvalue weighted by atomic mass is 19.1. The molecule has 6 nitrogen and oxygen atoms in total. The number of piperidine rings is 1. The molecule has 2 amide bonds. The monoisotopic (exact) mass is 438 g/mol. The van der Waals surface area contributed by atoms with Crippen molar-refractivity contribution in [2.24, 2.45) is 0 Å². The maximum Gasteiger partial charge on any atom is 0.255 e. The average molecular weight is 438 g/mol. The van der Waals surface area contributed by atoms with Gasteiger partial charge < -0.3 is 19.1 Å². The number of benzene rings is 1. The van der Waals surface area contributed by atoms with Gasteiger partial charge in [0.2, 0.25) is 5.91 Å². The van der Waals surface area contributed by atoms with Crippen LogP contribution in [-0.4, -0.2) is 35.8 Å². The van der Waals surface area contributed by atoms with Crippen LogP contribution in [-0.2, 0) is 11.2 Å². The van der Waals surface area contributed by atoms with Crippen LogP contribution in [0, 0.1) is 19.7 Å². The highest BCUT2D eigenvalue weighted by Crippen LogP contribution is 2.25. The molecule has 0 aliphatic carbocycles. The third-order valence-corrected chi connectivity index (χ3v) is 5.85. The summed E-state index contributed by atoms with van der Waals surface area (Å²) in [6, 6.07) is 11.8. The fraction of sp³-hybridized carbons (Fsp3) is 0.360. The largest absolute Gasteiger partial charge is 0.466 e. The van der Waals surface area contributed by atoms with E-state index in [0.717, 1.165) is 0 Å². The molecule has 1 N–H and O–H groups in total. The van der Waals surface area contributed by atoms with Gasteiger partial charge in [-0.05, 0) is 57.0 Å². The minimum absolute atomic E-state index is 0.0366. The second-order valence-electron chi connectivity index (χ2n) is 8.20. The van der Waals surface area contributed by atoms with Gasteiger partial charge in [0.15, 0.2) is 0 Å². The van der Waals surface area contributed by atoms with Gasteiger partial charge in [-0.2, -0.15) is 0 Å². The molecule has 0 unspecified atom stereocenters. The Kier molecular flexibility index (Phi) is 6.44. The van der Waals surface area contributed by atoms with Crippen LogP contribution in [0.4, 0.5) is 4.39 Å². The summed E-state index contributed by atoms with van der Waals surface area (Å²) in [4.78, 5) is 26.9. The van der Waals surface area contributed by atoms with Gasteiger partial charge in [-0.3, -0.25) is 9.59 Å². The Bertz CT molecular complexity index is 1110. The highest BCUT2D eigenvalue weighted by Gasteiger charge is 2.25. The van der Waals surface area contributed by atoms with E-state index >= 15 is 0 Å². The van der Waals surface area contributed by atoms with E-state index in [2.05, 4.69) is 5.32 Å². The first kappa shape index (κ1) is 21.9. The summed E-state index contributed by atoms with van der Waals surface area (Å²) >= 11 is 0. The van der Waals surface area contributed by atoms with Crippen molar-refractivity contribution in [3.63, 3.8) is 0 Å². The number of halogens is 1. The molecular weight excluding hydrogens is 411 g/mol. The van der Waals surface area contributed by atoms with Crippen LogP contribution in [0.1, 0.15) is 46.9 Å². The Labute approximate surface area is 186 Å². The van der Waals surface area contributed by atoms with Crippen molar-refractivity contribution in [2.75, 3.05) is 13.1 Å². The fourth-order valence-electron chi connectivity index (χ4n) is 4.10. The molecule has 2 aromatic heterocycles. The van der Waals surface area contributed by atoms with Crippen LogP contribution in [0.15, 0.2) is 51.3 Å². The number of hydrogen-bond acceptors (Lipinski definition) is 4. The van der Waals surface area contributed by atoms with Crippen LogP contribution in [0.2, 0.25) is 0 Å². The molecule has 4 rings (SSSR count). The first-order valence-corrected chi connectivity index (χ1v) is 10.9. The van der Waals surface area contributed by atoms with Gasteiger partial charge in [0, 0.05) is 32.0 Å². The molecule has 168 valence electrons. The van der Waals surface area contributed by atoms with Crippen molar-refractivity contribution in [1.82, 2.24) is 10.2 Å². The zero-order valence-electron chi connectivity index (χ0n) is 18.3. The molecule has 1 fully saturated rings. The van der Waals surface area contributed by atoms with Crippen LogP contribution in [0.5, 0.6) is 0 Å². The zero-order chi connectivity index (χ0) is 22.7. The normalized spacial score (nSPS) is 14.5. The molecule has 0 radical (unpaired) electrons. The molecule has 1 saturated heterocycles. The van der Waals surface area contributed by atoms with Crippen molar-refractivity contribution in [2.45, 2.75) is 45.6 Å². The first-order chi connectivity index (χ1) is 15.4. The molecule has 3 heterocycles. The Morgan fingerprint density at radius 1 is 1.09 bits per heavy atom. The molecule has 0 spiro atoms. The number of carbonyl (C=O) groups is 2. The summed E-state index contributed by atoms with van der Waals surface area (Å²) in [7, 11) is 0. The van der Waals surface area contributed by atoms with Gasteiger partial charge in [0.05, 0.1) is 11.1 Å². The van der Waals surface area contributed by atoms with Gasteiger partial charge in [0.1, 0.15) is 28.9 Å². The second kappa shape index (κ2) is 9.42. The summed E-state index contributed by atoms with van der Waals surface area (Å²) in [6.07, 6.45) is 2.22. The number of nitrogens with zero attached hydrogens (tertiary/aromatic N) is 1. The molecule has 1 aliphatic heterocycles. The summed E-state index contributed by atoms with van der Waals surface area (Å²) in [5.74, 6) is 2.04. The topological polar surface area (TPSA) is 75.7 Å². The van der Waals surface area contributed by atoms with E-state index in [4.69, 9.17) is 8.83 Å². The molecule has 0 bridgehead atoms. The number of furan rings is 2. The molecule has 7 heteroatoms. The molecule has 0 saturated carbocycles. The van der Waals surface area contributed by atoms with Crippen molar-refractivity contribution < 1.29 is 22.8 Å². The fourth-order valence-corrected chi connectivity index (χ4v) is 4.10. The quantitative estimate of drug-likeness (QED) is 0.608. The lowest BCUT2D eigenvalue weighted by Crippen LogP contribution is -2.46. The Morgan fingerprint density at radius 3 is 2.53 bits per heavy atom.